The molecule has 7 nitrogen and oxygen atoms in total. The van der Waals surface area contributed by atoms with Crippen LogP contribution in [0.15, 0.2) is 41.2 Å². The van der Waals surface area contributed by atoms with E-state index in [1.54, 1.807) is 12.1 Å². The van der Waals surface area contributed by atoms with Crippen LogP contribution in [0, 0.1) is 6.92 Å². The lowest BCUT2D eigenvalue weighted by Crippen LogP contribution is -2.22. The van der Waals surface area contributed by atoms with E-state index < -0.39 is 11.7 Å². The molecule has 1 atom stereocenters. The van der Waals surface area contributed by atoms with E-state index in [2.05, 4.69) is 15.1 Å². The van der Waals surface area contributed by atoms with E-state index >= 15 is 0 Å². The van der Waals surface area contributed by atoms with Gasteiger partial charge in [0.1, 0.15) is 17.5 Å². The number of benzene rings is 1. The lowest BCUT2D eigenvalue weighted by atomic mass is 10.1. The minimum atomic E-state index is -4.53. The normalized spacial score (nSPS) is 13.0. The van der Waals surface area contributed by atoms with E-state index in [0.717, 1.165) is 17.8 Å². The maximum absolute atomic E-state index is 13.0. The fraction of sp³-hybridized carbons (Fsp3) is 0.250. The molecule has 0 radical (unpaired) electrons. The van der Waals surface area contributed by atoms with Crippen LogP contribution < -0.4 is 10.5 Å². The Kier molecular flexibility index (Phi) is 5.36. The van der Waals surface area contributed by atoms with E-state index in [4.69, 9.17) is 26.6 Å². The molecule has 0 aliphatic heterocycles. The number of rotatable bonds is 5. The summed E-state index contributed by atoms with van der Waals surface area (Å²) in [5.74, 6) is 1.03. The highest BCUT2D eigenvalue weighted by molar-refractivity contribution is 6.33. The number of aryl methyl sites for hydroxylation is 1. The number of hydrogen-bond donors (Lipinski definition) is 1. The molecule has 4 aromatic rings. The smallest absolute Gasteiger partial charge is 0.417 e. The van der Waals surface area contributed by atoms with Crippen molar-refractivity contribution in [2.75, 3.05) is 6.54 Å². The highest BCUT2D eigenvalue weighted by Crippen LogP contribution is 2.33. The van der Waals surface area contributed by atoms with Crippen LogP contribution in [0.3, 0.4) is 0 Å². The van der Waals surface area contributed by atoms with Gasteiger partial charge in [-0.15, -0.1) is 0 Å². The van der Waals surface area contributed by atoms with Gasteiger partial charge in [-0.2, -0.15) is 18.2 Å². The van der Waals surface area contributed by atoms with E-state index in [9.17, 15) is 13.2 Å². The number of fused-ring (bicyclic) bond motifs is 1. The third-order valence-electron chi connectivity index (χ3n) is 4.59. The maximum atomic E-state index is 13.0. The molecule has 0 bridgehead atoms. The maximum Gasteiger partial charge on any atom is 0.417 e. The van der Waals surface area contributed by atoms with Crippen molar-refractivity contribution in [3.63, 3.8) is 0 Å². The second-order valence-corrected chi connectivity index (χ2v) is 7.40. The molecule has 1 aromatic carbocycles. The van der Waals surface area contributed by atoms with Crippen molar-refractivity contribution in [2.45, 2.75) is 26.1 Å². The van der Waals surface area contributed by atoms with Gasteiger partial charge in [0.2, 0.25) is 5.82 Å². The first kappa shape index (κ1) is 21.1. The van der Waals surface area contributed by atoms with E-state index in [1.807, 2.05) is 19.9 Å². The summed E-state index contributed by atoms with van der Waals surface area (Å²) in [6.07, 6.45) is -2.40. The molecule has 0 fully saturated rings. The molecule has 0 aliphatic rings. The Labute approximate surface area is 179 Å². The van der Waals surface area contributed by atoms with Crippen molar-refractivity contribution >= 4 is 17.2 Å². The molecule has 0 aliphatic carbocycles. The molecule has 0 spiro atoms. The van der Waals surface area contributed by atoms with Gasteiger partial charge in [-0.25, -0.2) is 4.98 Å². The molecule has 4 rings (SSSR count). The lowest BCUT2D eigenvalue weighted by molar-refractivity contribution is -0.137. The predicted octanol–water partition coefficient (Wildman–Crippen LogP) is 4.76. The average Bonchev–Trinajstić information content (AvgIpc) is 3.34. The molecule has 0 amide bonds. The Morgan fingerprint density at radius 2 is 2.00 bits per heavy atom. The molecule has 162 valence electrons. The van der Waals surface area contributed by atoms with Crippen LogP contribution in [0.4, 0.5) is 13.2 Å². The van der Waals surface area contributed by atoms with Crippen LogP contribution in [0.2, 0.25) is 5.02 Å². The van der Waals surface area contributed by atoms with Crippen molar-refractivity contribution in [3.8, 4) is 28.7 Å². The van der Waals surface area contributed by atoms with Crippen LogP contribution in [-0.2, 0) is 6.18 Å². The van der Waals surface area contributed by atoms with Crippen LogP contribution in [0.25, 0.3) is 28.6 Å². The summed E-state index contributed by atoms with van der Waals surface area (Å²) >= 11 is 5.98. The van der Waals surface area contributed by atoms with Crippen molar-refractivity contribution < 1.29 is 22.4 Å². The van der Waals surface area contributed by atoms with Gasteiger partial charge in [-0.3, -0.25) is 0 Å². The summed E-state index contributed by atoms with van der Waals surface area (Å²) in [5.41, 5.74) is 6.60. The van der Waals surface area contributed by atoms with Crippen LogP contribution >= 0.6 is 11.6 Å². The third-order valence-corrected chi connectivity index (χ3v) is 4.86. The molecule has 11 heteroatoms. The molecule has 2 N–H and O–H groups in total. The minimum absolute atomic E-state index is 0.0554. The molecule has 0 saturated heterocycles. The molecule has 3 aromatic heterocycles. The molecular weight excluding hydrogens is 435 g/mol. The summed E-state index contributed by atoms with van der Waals surface area (Å²) in [5, 5.41) is 3.83. The van der Waals surface area contributed by atoms with Crippen LogP contribution in [0.1, 0.15) is 18.1 Å². The predicted molar refractivity (Wildman–Crippen MR) is 108 cm³/mol. The molecular formula is C20H17ClF3N5O2. The quantitative estimate of drug-likeness (QED) is 0.470. The second kappa shape index (κ2) is 7.86. The number of hydrogen-bond acceptors (Lipinski definition) is 6. The Bertz CT molecular complexity index is 1250. The third kappa shape index (κ3) is 4.21. The molecule has 0 saturated carbocycles. The zero-order chi connectivity index (χ0) is 22.3. The summed E-state index contributed by atoms with van der Waals surface area (Å²) in [4.78, 5) is 8.56. The van der Waals surface area contributed by atoms with Crippen molar-refractivity contribution in [3.05, 3.63) is 52.8 Å². The molecule has 31 heavy (non-hydrogen) atoms. The largest absolute Gasteiger partial charge is 0.489 e. The summed E-state index contributed by atoms with van der Waals surface area (Å²) in [6.45, 7) is 4.13. The van der Waals surface area contributed by atoms with Gasteiger partial charge in [0.25, 0.3) is 5.89 Å². The number of pyridine rings is 1. The second-order valence-electron chi connectivity index (χ2n) is 7.00. The standard InChI is InChI=1S/C20H17ClF3N5O2/c1-10-5-13(30-11(2)7-25)3-4-14(10)17-27-19(31-28-17)16-9-29-8-12(20(22,23)24)6-15(21)18(29)26-16/h3-6,8-9,11H,7,25H2,1-2H3. The number of alkyl halides is 3. The highest BCUT2D eigenvalue weighted by Gasteiger charge is 2.32. The fourth-order valence-corrected chi connectivity index (χ4v) is 3.25. The zero-order valence-electron chi connectivity index (χ0n) is 16.4. The van der Waals surface area contributed by atoms with Gasteiger partial charge < -0.3 is 19.4 Å². The number of halogens is 4. The highest BCUT2D eigenvalue weighted by atomic mass is 35.5. The van der Waals surface area contributed by atoms with Gasteiger partial charge in [0.15, 0.2) is 5.65 Å². The fourth-order valence-electron chi connectivity index (χ4n) is 2.99. The first-order valence-electron chi connectivity index (χ1n) is 9.23. The van der Waals surface area contributed by atoms with Gasteiger partial charge in [-0.05, 0) is 43.7 Å². The molecule has 1 unspecified atom stereocenters. The Balaban J connectivity index is 1.66. The van der Waals surface area contributed by atoms with E-state index in [0.29, 0.717) is 23.7 Å². The topological polar surface area (TPSA) is 91.5 Å². The van der Waals surface area contributed by atoms with Crippen LogP contribution in [0.5, 0.6) is 5.75 Å². The Hall–Kier alpha value is -3.11. The monoisotopic (exact) mass is 451 g/mol. The zero-order valence-corrected chi connectivity index (χ0v) is 17.2. The van der Waals surface area contributed by atoms with Crippen LogP contribution in [-0.4, -0.2) is 32.2 Å². The first-order chi connectivity index (χ1) is 14.7. The summed E-state index contributed by atoms with van der Waals surface area (Å²) in [6, 6.07) is 6.22. The van der Waals surface area contributed by atoms with Crippen molar-refractivity contribution in [1.82, 2.24) is 19.5 Å². The summed E-state index contributed by atoms with van der Waals surface area (Å²) in [7, 11) is 0. The average molecular weight is 452 g/mol. The SMILES string of the molecule is Cc1cc(OC(C)CN)ccc1-c1noc(-c2cn3cc(C(F)(F)F)cc(Cl)c3n2)n1. The number of aromatic nitrogens is 4. The van der Waals surface area contributed by atoms with Gasteiger partial charge in [-0.1, -0.05) is 16.8 Å². The summed E-state index contributed by atoms with van der Waals surface area (Å²) < 4.78 is 51.2. The lowest BCUT2D eigenvalue weighted by Gasteiger charge is -2.13. The van der Waals surface area contributed by atoms with Crippen molar-refractivity contribution in [1.29, 1.82) is 0 Å². The Morgan fingerprint density at radius 3 is 2.68 bits per heavy atom. The number of ether oxygens (including phenoxy) is 1. The minimum Gasteiger partial charge on any atom is -0.489 e. The van der Waals surface area contributed by atoms with Crippen molar-refractivity contribution in [2.24, 2.45) is 5.73 Å². The Morgan fingerprint density at radius 1 is 1.23 bits per heavy atom. The number of nitrogens with zero attached hydrogens (tertiary/aromatic N) is 4. The van der Waals surface area contributed by atoms with E-state index in [1.165, 1.54) is 10.6 Å². The van der Waals surface area contributed by atoms with E-state index in [-0.39, 0.29) is 28.4 Å². The number of nitrogens with two attached hydrogens (primary N) is 1. The first-order valence-corrected chi connectivity index (χ1v) is 9.61. The van der Waals surface area contributed by atoms with Gasteiger partial charge >= 0.3 is 6.18 Å². The number of imidazole rings is 1. The van der Waals surface area contributed by atoms with Gasteiger partial charge in [0.05, 0.1) is 10.6 Å². The van der Waals surface area contributed by atoms with Gasteiger partial charge in [0, 0.05) is 24.5 Å². The molecule has 3 heterocycles.